The third-order valence-corrected chi connectivity index (χ3v) is 2.67. The minimum atomic E-state index is -0.305. The van der Waals surface area contributed by atoms with E-state index in [-0.39, 0.29) is 11.0 Å². The maximum atomic E-state index is 12.0. The van der Waals surface area contributed by atoms with Gasteiger partial charge < -0.3 is 14.5 Å². The van der Waals surface area contributed by atoms with Crippen molar-refractivity contribution >= 4 is 10.9 Å². The number of ether oxygens (including phenoxy) is 2. The highest BCUT2D eigenvalue weighted by molar-refractivity contribution is 5.83. The van der Waals surface area contributed by atoms with Gasteiger partial charge in [-0.3, -0.25) is 4.79 Å². The summed E-state index contributed by atoms with van der Waals surface area (Å²) in [5.41, 5.74) is 0.398. The van der Waals surface area contributed by atoms with E-state index in [1.807, 2.05) is 19.9 Å². The second-order valence-electron chi connectivity index (χ2n) is 3.85. The van der Waals surface area contributed by atoms with Crippen molar-refractivity contribution in [3.63, 3.8) is 0 Å². The van der Waals surface area contributed by atoms with Crippen LogP contribution in [0.5, 0.6) is 11.5 Å². The third-order valence-electron chi connectivity index (χ3n) is 2.67. The standard InChI is InChI=1S/C14H14N2O3/c1-3-18-12-5-10-11(6-13(12)19-4-2)16-8-9(7-15)14(10)17/h5-6,8H,3-4H2,1-2H3,(H,16,17). The molecule has 0 aliphatic rings. The van der Waals surface area contributed by atoms with Gasteiger partial charge in [0.15, 0.2) is 11.5 Å². The van der Waals surface area contributed by atoms with Crippen molar-refractivity contribution in [2.75, 3.05) is 13.2 Å². The first-order valence-electron chi connectivity index (χ1n) is 6.06. The maximum absolute atomic E-state index is 12.0. The summed E-state index contributed by atoms with van der Waals surface area (Å²) in [5.74, 6) is 1.09. The van der Waals surface area contributed by atoms with Crippen molar-refractivity contribution in [3.8, 4) is 17.6 Å². The number of nitrogens with one attached hydrogen (secondary N) is 1. The Labute approximate surface area is 110 Å². The molecular weight excluding hydrogens is 244 g/mol. The van der Waals surface area contributed by atoms with Crippen molar-refractivity contribution in [2.45, 2.75) is 13.8 Å². The fourth-order valence-electron chi connectivity index (χ4n) is 1.85. The molecule has 0 unspecified atom stereocenters. The van der Waals surface area contributed by atoms with Gasteiger partial charge in [0.2, 0.25) is 5.43 Å². The fraction of sp³-hybridized carbons (Fsp3) is 0.286. The quantitative estimate of drug-likeness (QED) is 0.912. The zero-order chi connectivity index (χ0) is 13.8. The fourth-order valence-corrected chi connectivity index (χ4v) is 1.85. The summed E-state index contributed by atoms with van der Waals surface area (Å²) in [5, 5.41) is 9.29. The van der Waals surface area contributed by atoms with Gasteiger partial charge in [-0.2, -0.15) is 5.26 Å². The van der Waals surface area contributed by atoms with Crippen LogP contribution >= 0.6 is 0 Å². The van der Waals surface area contributed by atoms with E-state index in [0.29, 0.717) is 35.6 Å². The first kappa shape index (κ1) is 13.0. The average molecular weight is 258 g/mol. The van der Waals surface area contributed by atoms with Crippen LogP contribution < -0.4 is 14.9 Å². The Balaban J connectivity index is 2.71. The molecule has 98 valence electrons. The predicted molar refractivity (Wildman–Crippen MR) is 71.6 cm³/mol. The third kappa shape index (κ3) is 2.38. The van der Waals surface area contributed by atoms with E-state index in [0.717, 1.165) is 0 Å². The van der Waals surface area contributed by atoms with Gasteiger partial charge in [0.05, 0.1) is 24.1 Å². The van der Waals surface area contributed by atoms with Gasteiger partial charge in [0.25, 0.3) is 0 Å². The van der Waals surface area contributed by atoms with Crippen LogP contribution in [0.1, 0.15) is 19.4 Å². The number of H-pyrrole nitrogens is 1. The average Bonchev–Trinajstić information content (AvgIpc) is 2.41. The maximum Gasteiger partial charge on any atom is 0.207 e. The first-order valence-corrected chi connectivity index (χ1v) is 6.06. The summed E-state index contributed by atoms with van der Waals surface area (Å²) in [7, 11) is 0. The van der Waals surface area contributed by atoms with Crippen LogP contribution in [0.4, 0.5) is 0 Å². The van der Waals surface area contributed by atoms with Gasteiger partial charge in [-0.05, 0) is 19.9 Å². The second kappa shape index (κ2) is 5.44. The molecule has 0 saturated heterocycles. The van der Waals surface area contributed by atoms with Gasteiger partial charge in [-0.1, -0.05) is 0 Å². The summed E-state index contributed by atoms with van der Waals surface area (Å²) in [6, 6.07) is 5.19. The number of benzene rings is 1. The lowest BCUT2D eigenvalue weighted by Crippen LogP contribution is -2.08. The monoisotopic (exact) mass is 258 g/mol. The molecule has 0 fully saturated rings. The van der Waals surface area contributed by atoms with E-state index in [9.17, 15) is 4.79 Å². The van der Waals surface area contributed by atoms with Crippen LogP contribution in [-0.4, -0.2) is 18.2 Å². The van der Waals surface area contributed by atoms with Crippen LogP contribution in [0.25, 0.3) is 10.9 Å². The van der Waals surface area contributed by atoms with E-state index in [1.54, 1.807) is 12.1 Å². The van der Waals surface area contributed by atoms with Crippen LogP contribution in [0.2, 0.25) is 0 Å². The lowest BCUT2D eigenvalue weighted by atomic mass is 10.1. The molecule has 0 saturated carbocycles. The van der Waals surface area contributed by atoms with Gasteiger partial charge in [0.1, 0.15) is 11.6 Å². The Morgan fingerprint density at radius 3 is 2.42 bits per heavy atom. The molecule has 0 aliphatic carbocycles. The highest BCUT2D eigenvalue weighted by atomic mass is 16.5. The van der Waals surface area contributed by atoms with Crippen LogP contribution in [0.3, 0.4) is 0 Å². The van der Waals surface area contributed by atoms with E-state index in [4.69, 9.17) is 14.7 Å². The normalized spacial score (nSPS) is 10.2. The molecule has 0 radical (unpaired) electrons. The van der Waals surface area contributed by atoms with Gasteiger partial charge in [-0.15, -0.1) is 0 Å². The molecule has 5 heteroatoms. The molecule has 0 bridgehead atoms. The Hall–Kier alpha value is -2.48. The Kier molecular flexibility index (Phi) is 3.71. The second-order valence-corrected chi connectivity index (χ2v) is 3.85. The Morgan fingerprint density at radius 1 is 1.21 bits per heavy atom. The molecule has 2 aromatic rings. The van der Waals surface area contributed by atoms with E-state index in [2.05, 4.69) is 4.98 Å². The zero-order valence-electron chi connectivity index (χ0n) is 10.8. The number of fused-ring (bicyclic) bond motifs is 1. The molecule has 1 heterocycles. The van der Waals surface area contributed by atoms with Gasteiger partial charge in [-0.25, -0.2) is 0 Å². The minimum absolute atomic E-state index is 0.0825. The first-order chi connectivity index (χ1) is 9.21. The van der Waals surface area contributed by atoms with E-state index in [1.165, 1.54) is 6.20 Å². The molecular formula is C14H14N2O3. The molecule has 0 spiro atoms. The van der Waals surface area contributed by atoms with Crippen LogP contribution in [-0.2, 0) is 0 Å². The summed E-state index contributed by atoms with van der Waals surface area (Å²) in [6.45, 7) is 4.71. The molecule has 19 heavy (non-hydrogen) atoms. The van der Waals surface area contributed by atoms with Crippen molar-refractivity contribution in [1.82, 2.24) is 4.98 Å². The molecule has 0 aliphatic heterocycles. The van der Waals surface area contributed by atoms with Gasteiger partial charge in [0, 0.05) is 12.3 Å². The molecule has 1 N–H and O–H groups in total. The van der Waals surface area contributed by atoms with E-state index >= 15 is 0 Å². The zero-order valence-corrected chi connectivity index (χ0v) is 10.8. The lowest BCUT2D eigenvalue weighted by molar-refractivity contribution is 0.288. The van der Waals surface area contributed by atoms with Crippen LogP contribution in [0.15, 0.2) is 23.1 Å². The highest BCUT2D eigenvalue weighted by Gasteiger charge is 2.11. The largest absolute Gasteiger partial charge is 0.490 e. The van der Waals surface area contributed by atoms with Crippen LogP contribution in [0, 0.1) is 11.3 Å². The van der Waals surface area contributed by atoms with Crippen molar-refractivity contribution in [2.24, 2.45) is 0 Å². The number of aromatic nitrogens is 1. The highest BCUT2D eigenvalue weighted by Crippen LogP contribution is 2.30. The van der Waals surface area contributed by atoms with Crippen molar-refractivity contribution < 1.29 is 9.47 Å². The number of nitrogens with zero attached hydrogens (tertiary/aromatic N) is 1. The molecule has 5 nitrogen and oxygen atoms in total. The summed E-state index contributed by atoms with van der Waals surface area (Å²) >= 11 is 0. The van der Waals surface area contributed by atoms with Crippen molar-refractivity contribution in [1.29, 1.82) is 5.26 Å². The number of pyridine rings is 1. The van der Waals surface area contributed by atoms with Crippen molar-refractivity contribution in [3.05, 3.63) is 34.1 Å². The number of hydrogen-bond donors (Lipinski definition) is 1. The molecule has 0 amide bonds. The molecule has 2 rings (SSSR count). The number of hydrogen-bond acceptors (Lipinski definition) is 4. The van der Waals surface area contributed by atoms with Gasteiger partial charge >= 0.3 is 0 Å². The molecule has 1 aromatic carbocycles. The molecule has 1 aromatic heterocycles. The number of aromatic amines is 1. The topological polar surface area (TPSA) is 75.1 Å². The molecule has 0 atom stereocenters. The number of nitriles is 1. The SMILES string of the molecule is CCOc1cc2[nH]cc(C#N)c(=O)c2cc1OCC. The Morgan fingerprint density at radius 2 is 1.84 bits per heavy atom. The lowest BCUT2D eigenvalue weighted by Gasteiger charge is -2.11. The summed E-state index contributed by atoms with van der Waals surface area (Å²) in [4.78, 5) is 15.0. The number of rotatable bonds is 4. The summed E-state index contributed by atoms with van der Waals surface area (Å²) < 4.78 is 10.9. The minimum Gasteiger partial charge on any atom is -0.490 e. The summed E-state index contributed by atoms with van der Waals surface area (Å²) in [6.07, 6.45) is 1.40. The Bertz CT molecular complexity index is 698. The van der Waals surface area contributed by atoms with E-state index < -0.39 is 0 Å². The predicted octanol–water partition coefficient (Wildman–Crippen LogP) is 2.20. The smallest absolute Gasteiger partial charge is 0.207 e.